The number of methoxy groups -OCH3 is 1. The van der Waals surface area contributed by atoms with Gasteiger partial charge < -0.3 is 49.7 Å². The number of aryl methyl sites for hydroxylation is 1. The highest BCUT2D eigenvalue weighted by Gasteiger charge is 2.53. The van der Waals surface area contributed by atoms with Crippen molar-refractivity contribution in [2.75, 3.05) is 12.4 Å². The third-order valence-corrected chi connectivity index (χ3v) is 7.31. The molecule has 0 unspecified atom stereocenters. The highest BCUT2D eigenvalue weighted by atomic mass is 16.7. The summed E-state index contributed by atoms with van der Waals surface area (Å²) in [6.07, 6.45) is -3.88. The molecule has 0 spiro atoms. The number of rotatable bonds is 8. The molecule has 1 aliphatic heterocycles. The van der Waals surface area contributed by atoms with Crippen molar-refractivity contribution in [3.8, 4) is 17.2 Å². The molecule has 236 valence electrons. The summed E-state index contributed by atoms with van der Waals surface area (Å²) in [6.45, 7) is 8.63. The number of carbonyl (C=O) groups is 2. The van der Waals surface area contributed by atoms with Gasteiger partial charge in [-0.05, 0) is 76.9 Å². The summed E-state index contributed by atoms with van der Waals surface area (Å²) >= 11 is 0. The summed E-state index contributed by atoms with van der Waals surface area (Å²) in [6, 6.07) is 6.96. The van der Waals surface area contributed by atoms with E-state index < -0.39 is 59.3 Å². The Hall–Kier alpha value is -4.59. The van der Waals surface area contributed by atoms with E-state index in [1.54, 1.807) is 13.8 Å². The predicted octanol–water partition coefficient (Wildman–Crippen LogP) is 3.00. The number of allylic oxidation sites excluding steroid dienone is 2. The highest BCUT2D eigenvalue weighted by Crippen LogP contribution is 2.38. The Kier molecular flexibility index (Phi) is 9.23. The summed E-state index contributed by atoms with van der Waals surface area (Å²) in [7, 11) is 1.36. The van der Waals surface area contributed by atoms with Crippen LogP contribution in [0.1, 0.15) is 49.2 Å². The first-order valence-corrected chi connectivity index (χ1v) is 13.7. The molecule has 13 nitrogen and oxygen atoms in total. The number of nitrogens with two attached hydrogens (primary N) is 1. The number of anilines is 1. The Morgan fingerprint density at radius 3 is 2.55 bits per heavy atom. The van der Waals surface area contributed by atoms with E-state index in [-0.39, 0.29) is 33.6 Å². The van der Waals surface area contributed by atoms with Crippen molar-refractivity contribution in [2.45, 2.75) is 71.2 Å². The summed E-state index contributed by atoms with van der Waals surface area (Å²) < 4.78 is 27.8. The molecule has 2 amide bonds. The van der Waals surface area contributed by atoms with Gasteiger partial charge in [-0.25, -0.2) is 9.59 Å². The maximum Gasteiger partial charge on any atom is 0.404 e. The fraction of sp³-hybridized carbons (Fsp3) is 0.387. The van der Waals surface area contributed by atoms with Gasteiger partial charge in [0.25, 0.3) is 5.91 Å². The fourth-order valence-electron chi connectivity index (χ4n) is 5.05. The van der Waals surface area contributed by atoms with Gasteiger partial charge in [-0.15, -0.1) is 0 Å². The van der Waals surface area contributed by atoms with Crippen molar-refractivity contribution < 1.29 is 48.3 Å². The number of phenolic OH excluding ortho intramolecular Hbond substituents is 1. The van der Waals surface area contributed by atoms with E-state index in [0.29, 0.717) is 12.0 Å². The second-order valence-electron chi connectivity index (χ2n) is 11.2. The monoisotopic (exact) mass is 611 g/mol. The molecule has 13 heteroatoms. The van der Waals surface area contributed by atoms with Crippen LogP contribution in [0.25, 0.3) is 11.0 Å². The summed E-state index contributed by atoms with van der Waals surface area (Å²) in [5.74, 6) is -1.42. The molecule has 1 aliphatic rings. The van der Waals surface area contributed by atoms with E-state index in [1.165, 1.54) is 44.4 Å². The number of aromatic hydroxyl groups is 1. The molecule has 1 aromatic heterocycles. The Bertz CT molecular complexity index is 1670. The minimum absolute atomic E-state index is 0.00594. The Morgan fingerprint density at radius 2 is 1.91 bits per heavy atom. The number of hydrogen-bond donors (Lipinski definition) is 4. The zero-order valence-corrected chi connectivity index (χ0v) is 25.1. The molecule has 1 fully saturated rings. The standard InChI is InChI=1S/C31H36N2O11/c1-14(2)7-8-16-13-17(9-11-19(16)34)27(37)33-21-22(35)18-10-12-20(15(3)24(18)42-28(21)38)41-29-23(36)25(43-30(32)39)26(40-6)31(4,5)44-29/h7,9-13,23,25-26,29,34-36H,8H2,1-6H3,(H2,32,39)(H,33,37)/p-1/t23-,25-,26+,29+/m0/s1. The van der Waals surface area contributed by atoms with Gasteiger partial charge in [-0.1, -0.05) is 17.4 Å². The van der Waals surface area contributed by atoms with Crippen LogP contribution in [0.4, 0.5) is 10.5 Å². The molecule has 1 saturated heterocycles. The molecule has 44 heavy (non-hydrogen) atoms. The molecule has 0 saturated carbocycles. The quantitative estimate of drug-likeness (QED) is 0.215. The molecule has 0 aliphatic carbocycles. The first-order chi connectivity index (χ1) is 20.6. The first-order valence-electron chi connectivity index (χ1n) is 13.7. The summed E-state index contributed by atoms with van der Waals surface area (Å²) in [4.78, 5) is 37.4. The zero-order chi connectivity index (χ0) is 32.5. The van der Waals surface area contributed by atoms with Crippen LogP contribution >= 0.6 is 0 Å². The van der Waals surface area contributed by atoms with Crippen molar-refractivity contribution >= 4 is 28.7 Å². The number of primary amides is 1. The summed E-state index contributed by atoms with van der Waals surface area (Å²) in [5.41, 5.74) is 4.19. The van der Waals surface area contributed by atoms with Crippen molar-refractivity contribution in [1.82, 2.24) is 0 Å². The molecule has 0 radical (unpaired) electrons. The van der Waals surface area contributed by atoms with Crippen LogP contribution in [-0.4, -0.2) is 59.5 Å². The molecule has 0 bridgehead atoms. The van der Waals surface area contributed by atoms with Gasteiger partial charge in [0.05, 0.1) is 5.60 Å². The molecule has 4 rings (SSSR count). The number of aliphatic hydroxyl groups excluding tert-OH is 1. The number of benzene rings is 2. The van der Waals surface area contributed by atoms with Crippen LogP contribution in [-0.2, 0) is 20.6 Å². The lowest BCUT2D eigenvalue weighted by Gasteiger charge is -2.47. The second kappa shape index (κ2) is 12.6. The average molecular weight is 612 g/mol. The Balaban J connectivity index is 1.63. The van der Waals surface area contributed by atoms with E-state index in [9.17, 15) is 29.7 Å². The van der Waals surface area contributed by atoms with Crippen LogP contribution in [0.5, 0.6) is 17.2 Å². The van der Waals surface area contributed by atoms with Crippen LogP contribution in [0.15, 0.2) is 51.2 Å². The van der Waals surface area contributed by atoms with Crippen LogP contribution in [0.2, 0.25) is 0 Å². The van der Waals surface area contributed by atoms with E-state index in [0.717, 1.165) is 5.57 Å². The van der Waals surface area contributed by atoms with Gasteiger partial charge >= 0.3 is 11.7 Å². The van der Waals surface area contributed by atoms with Crippen LogP contribution < -0.4 is 26.5 Å². The number of aliphatic hydroxyl groups is 1. The van der Waals surface area contributed by atoms with Crippen LogP contribution in [0.3, 0.4) is 0 Å². The molecule has 3 aromatic rings. The molecule has 2 heterocycles. The van der Waals surface area contributed by atoms with Gasteiger partial charge in [-0.2, -0.15) is 0 Å². The third-order valence-electron chi connectivity index (χ3n) is 7.31. The van der Waals surface area contributed by atoms with Gasteiger partial charge in [0.1, 0.15) is 28.9 Å². The molecule has 4 atom stereocenters. The molecular weight excluding hydrogens is 576 g/mol. The fourth-order valence-corrected chi connectivity index (χ4v) is 5.05. The third kappa shape index (κ3) is 6.49. The maximum atomic E-state index is 13.3. The normalized spacial score (nSPS) is 21.0. The van der Waals surface area contributed by atoms with Gasteiger partial charge in [0.15, 0.2) is 12.2 Å². The maximum absolute atomic E-state index is 13.3. The van der Waals surface area contributed by atoms with Crippen LogP contribution in [0, 0.1) is 6.92 Å². The van der Waals surface area contributed by atoms with Crippen molar-refractivity contribution in [3.63, 3.8) is 0 Å². The number of amides is 2. The SMILES string of the molecule is CO[C@@H]1[C@@H](OC(N)=O)[C@H](O)[C@H](Oc2ccc3c([O-])c(NC(=O)c4ccc(O)c(CC=C(C)C)c4)c(=O)oc3c2C)OC1(C)C. The highest BCUT2D eigenvalue weighted by molar-refractivity contribution is 6.06. The average Bonchev–Trinajstić information content (AvgIpc) is 2.94. The largest absolute Gasteiger partial charge is 0.870 e. The van der Waals surface area contributed by atoms with Gasteiger partial charge in [0.2, 0.25) is 6.29 Å². The lowest BCUT2D eigenvalue weighted by molar-refractivity contribution is -0.304. The van der Waals surface area contributed by atoms with Crippen molar-refractivity contribution in [3.05, 3.63) is 69.1 Å². The number of fused-ring (bicyclic) bond motifs is 1. The minimum atomic E-state index is -1.53. The molecule has 2 aromatic carbocycles. The first kappa shape index (κ1) is 32.3. The lowest BCUT2D eigenvalue weighted by atomic mass is 9.89. The van der Waals surface area contributed by atoms with Gasteiger partial charge in [0, 0.05) is 23.6 Å². The molecule has 5 N–H and O–H groups in total. The second-order valence-corrected chi connectivity index (χ2v) is 11.2. The topological polar surface area (TPSA) is 203 Å². The number of hydrogen-bond acceptors (Lipinski definition) is 11. The van der Waals surface area contributed by atoms with E-state index in [4.69, 9.17) is 29.1 Å². The van der Waals surface area contributed by atoms with E-state index >= 15 is 0 Å². The van der Waals surface area contributed by atoms with Crippen molar-refractivity contribution in [1.29, 1.82) is 0 Å². The van der Waals surface area contributed by atoms with E-state index in [2.05, 4.69) is 5.32 Å². The number of carbonyl (C=O) groups excluding carboxylic acids is 2. The number of phenols is 1. The number of ether oxygens (including phenoxy) is 4. The predicted molar refractivity (Wildman–Crippen MR) is 157 cm³/mol. The molecular formula is C31H35N2O11-. The zero-order valence-electron chi connectivity index (χ0n) is 25.1. The summed E-state index contributed by atoms with van der Waals surface area (Å²) in [5, 5.41) is 36.7. The minimum Gasteiger partial charge on any atom is -0.870 e. The van der Waals surface area contributed by atoms with E-state index in [1.807, 2.05) is 19.9 Å². The Labute approximate surface area is 252 Å². The number of nitrogens with one attached hydrogen (secondary N) is 1. The Morgan fingerprint density at radius 1 is 1.20 bits per heavy atom. The van der Waals surface area contributed by atoms with Crippen molar-refractivity contribution in [2.24, 2.45) is 5.73 Å². The lowest BCUT2D eigenvalue weighted by Crippen LogP contribution is -2.65. The smallest absolute Gasteiger partial charge is 0.404 e. The van der Waals surface area contributed by atoms with Gasteiger partial charge in [-0.3, -0.25) is 4.79 Å².